The first kappa shape index (κ1) is 16.7. The van der Waals surface area contributed by atoms with Gasteiger partial charge in [-0.05, 0) is 11.1 Å². The molecule has 128 valence electrons. The molecule has 2 atom stereocenters. The number of amides is 3. The van der Waals surface area contributed by atoms with Gasteiger partial charge < -0.3 is 10.4 Å². The number of urea groups is 1. The summed E-state index contributed by atoms with van der Waals surface area (Å²) in [5.41, 5.74) is 1.65. The van der Waals surface area contributed by atoms with Crippen molar-refractivity contribution in [3.63, 3.8) is 0 Å². The number of rotatable bonds is 6. The molecule has 1 aliphatic heterocycles. The molecule has 1 heterocycles. The molecule has 0 aromatic heterocycles. The van der Waals surface area contributed by atoms with Gasteiger partial charge in [0.1, 0.15) is 12.1 Å². The van der Waals surface area contributed by atoms with Crippen LogP contribution in [0.2, 0.25) is 0 Å². The summed E-state index contributed by atoms with van der Waals surface area (Å²) in [7, 11) is 0. The number of nitrogens with zero attached hydrogens (tertiary/aromatic N) is 1. The average Bonchev–Trinajstić information content (AvgIpc) is 2.88. The number of carboxylic acids is 1. The number of hydrogen-bond donors (Lipinski definition) is 2. The Morgan fingerprint density at radius 2 is 1.56 bits per heavy atom. The van der Waals surface area contributed by atoms with Gasteiger partial charge in [-0.25, -0.2) is 14.5 Å². The summed E-state index contributed by atoms with van der Waals surface area (Å²) in [5, 5.41) is 12.1. The number of carbonyl (C=O) groups excluding carboxylic acids is 2. The number of hydrogen-bond acceptors (Lipinski definition) is 3. The van der Waals surface area contributed by atoms with Crippen LogP contribution in [0, 0.1) is 0 Å². The highest BCUT2D eigenvalue weighted by atomic mass is 16.4. The van der Waals surface area contributed by atoms with Crippen molar-refractivity contribution in [3.05, 3.63) is 71.8 Å². The van der Waals surface area contributed by atoms with E-state index in [-0.39, 0.29) is 6.42 Å². The highest BCUT2D eigenvalue weighted by Crippen LogP contribution is 2.18. The van der Waals surface area contributed by atoms with Gasteiger partial charge in [0.15, 0.2) is 0 Å². The zero-order valence-electron chi connectivity index (χ0n) is 13.5. The fourth-order valence-electron chi connectivity index (χ4n) is 2.96. The Balaban J connectivity index is 1.78. The van der Waals surface area contributed by atoms with Crippen LogP contribution < -0.4 is 5.32 Å². The summed E-state index contributed by atoms with van der Waals surface area (Å²) >= 11 is 0. The van der Waals surface area contributed by atoms with Crippen LogP contribution in [-0.4, -0.2) is 40.0 Å². The molecule has 25 heavy (non-hydrogen) atoms. The Hall–Kier alpha value is -3.15. The van der Waals surface area contributed by atoms with Crippen molar-refractivity contribution < 1.29 is 19.5 Å². The van der Waals surface area contributed by atoms with Gasteiger partial charge in [-0.3, -0.25) is 4.79 Å². The molecule has 2 aromatic carbocycles. The first-order chi connectivity index (χ1) is 12.1. The fourth-order valence-corrected chi connectivity index (χ4v) is 2.96. The van der Waals surface area contributed by atoms with E-state index in [4.69, 9.17) is 0 Å². The minimum Gasteiger partial charge on any atom is -0.480 e. The largest absolute Gasteiger partial charge is 0.480 e. The van der Waals surface area contributed by atoms with Gasteiger partial charge in [-0.1, -0.05) is 60.7 Å². The number of carboxylic acid groups (broad SMARTS) is 1. The topological polar surface area (TPSA) is 86.7 Å². The summed E-state index contributed by atoms with van der Waals surface area (Å²) in [5.74, 6) is -1.70. The minimum absolute atomic E-state index is 0.0768. The van der Waals surface area contributed by atoms with Crippen molar-refractivity contribution in [3.8, 4) is 0 Å². The van der Waals surface area contributed by atoms with Crippen LogP contribution in [0.3, 0.4) is 0 Å². The lowest BCUT2D eigenvalue weighted by Gasteiger charge is -2.21. The first-order valence-corrected chi connectivity index (χ1v) is 8.00. The third kappa shape index (κ3) is 3.68. The molecule has 3 rings (SSSR count). The summed E-state index contributed by atoms with van der Waals surface area (Å²) < 4.78 is 0. The predicted molar refractivity (Wildman–Crippen MR) is 90.9 cm³/mol. The van der Waals surface area contributed by atoms with Crippen LogP contribution in [0.1, 0.15) is 11.1 Å². The van der Waals surface area contributed by atoms with Crippen molar-refractivity contribution in [2.24, 2.45) is 0 Å². The summed E-state index contributed by atoms with van der Waals surface area (Å²) in [6, 6.07) is 15.6. The third-order valence-corrected chi connectivity index (χ3v) is 4.20. The second-order valence-corrected chi connectivity index (χ2v) is 5.94. The lowest BCUT2D eigenvalue weighted by Crippen LogP contribution is -2.47. The quantitative estimate of drug-likeness (QED) is 0.787. The lowest BCUT2D eigenvalue weighted by atomic mass is 10.0. The van der Waals surface area contributed by atoms with E-state index in [1.54, 1.807) is 24.3 Å². The molecule has 0 saturated carbocycles. The van der Waals surface area contributed by atoms with Gasteiger partial charge in [-0.15, -0.1) is 0 Å². The number of carbonyl (C=O) groups is 3. The number of imide groups is 1. The van der Waals surface area contributed by atoms with E-state index < -0.39 is 30.0 Å². The second-order valence-electron chi connectivity index (χ2n) is 5.94. The third-order valence-electron chi connectivity index (χ3n) is 4.20. The Morgan fingerprint density at radius 3 is 2.12 bits per heavy atom. The zero-order chi connectivity index (χ0) is 17.8. The molecule has 1 saturated heterocycles. The second kappa shape index (κ2) is 7.17. The molecule has 0 spiro atoms. The van der Waals surface area contributed by atoms with E-state index in [9.17, 15) is 19.5 Å². The summed E-state index contributed by atoms with van der Waals surface area (Å²) in [6.45, 7) is 0. The van der Waals surface area contributed by atoms with Crippen molar-refractivity contribution in [1.82, 2.24) is 10.2 Å². The minimum atomic E-state index is -1.23. The Kier molecular flexibility index (Phi) is 4.79. The van der Waals surface area contributed by atoms with Crippen LogP contribution in [-0.2, 0) is 22.4 Å². The smallest absolute Gasteiger partial charge is 0.327 e. The van der Waals surface area contributed by atoms with Crippen LogP contribution in [0.15, 0.2) is 60.7 Å². The van der Waals surface area contributed by atoms with Gasteiger partial charge in [0.05, 0.1) is 0 Å². The molecule has 0 bridgehead atoms. The Morgan fingerprint density at radius 1 is 1.00 bits per heavy atom. The van der Waals surface area contributed by atoms with Crippen molar-refractivity contribution in [2.45, 2.75) is 24.9 Å². The SMILES string of the molecule is O=C(O)[C@H](Cc1ccccc1)N1C(=O)N[C@H](Cc2ccccc2)C1=O. The van der Waals surface area contributed by atoms with Gasteiger partial charge in [0, 0.05) is 12.8 Å². The first-order valence-electron chi connectivity index (χ1n) is 8.00. The number of nitrogens with one attached hydrogen (secondary N) is 1. The Bertz CT molecular complexity index is 777. The molecule has 6 heteroatoms. The number of aliphatic carboxylic acids is 1. The van der Waals surface area contributed by atoms with E-state index in [2.05, 4.69) is 5.32 Å². The van der Waals surface area contributed by atoms with Crippen LogP contribution in [0.5, 0.6) is 0 Å². The molecular weight excluding hydrogens is 320 g/mol. The molecule has 0 unspecified atom stereocenters. The average molecular weight is 338 g/mol. The summed E-state index contributed by atoms with van der Waals surface area (Å²) in [4.78, 5) is 37.4. The van der Waals surface area contributed by atoms with E-state index in [1.165, 1.54) is 0 Å². The molecule has 3 amide bonds. The maximum Gasteiger partial charge on any atom is 0.327 e. The molecule has 2 N–H and O–H groups in total. The van der Waals surface area contributed by atoms with Crippen LogP contribution >= 0.6 is 0 Å². The van der Waals surface area contributed by atoms with E-state index in [0.29, 0.717) is 6.42 Å². The lowest BCUT2D eigenvalue weighted by molar-refractivity contribution is -0.146. The van der Waals surface area contributed by atoms with Crippen molar-refractivity contribution in [2.75, 3.05) is 0 Å². The maximum atomic E-state index is 12.6. The Labute approximate surface area is 145 Å². The fraction of sp³-hybridized carbons (Fsp3) is 0.211. The normalized spacial score (nSPS) is 18.1. The van der Waals surface area contributed by atoms with Crippen molar-refractivity contribution in [1.29, 1.82) is 0 Å². The number of benzene rings is 2. The standard InChI is InChI=1S/C19H18N2O4/c22-17-15(11-13-7-3-1-4-8-13)20-19(25)21(17)16(18(23)24)12-14-9-5-2-6-10-14/h1-10,15-16H,11-12H2,(H,20,25)(H,23,24)/t15-,16+/m1/s1. The monoisotopic (exact) mass is 338 g/mol. The predicted octanol–water partition coefficient (Wildman–Crippen LogP) is 1.85. The van der Waals surface area contributed by atoms with Gasteiger partial charge in [0.25, 0.3) is 5.91 Å². The van der Waals surface area contributed by atoms with E-state index in [0.717, 1.165) is 16.0 Å². The molecule has 0 radical (unpaired) electrons. The van der Waals surface area contributed by atoms with E-state index >= 15 is 0 Å². The zero-order valence-corrected chi connectivity index (χ0v) is 13.5. The summed E-state index contributed by atoms with van der Waals surface area (Å²) in [6.07, 6.45) is 0.410. The van der Waals surface area contributed by atoms with Crippen LogP contribution in [0.25, 0.3) is 0 Å². The molecule has 1 fully saturated rings. The highest BCUT2D eigenvalue weighted by molar-refractivity contribution is 6.07. The van der Waals surface area contributed by atoms with E-state index in [1.807, 2.05) is 36.4 Å². The van der Waals surface area contributed by atoms with Crippen molar-refractivity contribution >= 4 is 17.9 Å². The maximum absolute atomic E-state index is 12.6. The molecule has 0 aliphatic carbocycles. The van der Waals surface area contributed by atoms with Gasteiger partial charge >= 0.3 is 12.0 Å². The van der Waals surface area contributed by atoms with Gasteiger partial charge in [-0.2, -0.15) is 0 Å². The molecular formula is C19H18N2O4. The molecule has 2 aromatic rings. The van der Waals surface area contributed by atoms with Gasteiger partial charge in [0.2, 0.25) is 0 Å². The molecule has 1 aliphatic rings. The highest BCUT2D eigenvalue weighted by Gasteiger charge is 2.44. The van der Waals surface area contributed by atoms with Crippen LogP contribution in [0.4, 0.5) is 4.79 Å². The molecule has 6 nitrogen and oxygen atoms in total.